The Kier molecular flexibility index (Phi) is 9.83. The first-order valence-electron chi connectivity index (χ1n) is 14.8. The molecular weight excluding hydrogens is 506 g/mol. The van der Waals surface area contributed by atoms with Crippen LogP contribution >= 0.6 is 0 Å². The van der Waals surface area contributed by atoms with Gasteiger partial charge in [0, 0.05) is 19.5 Å². The van der Waals surface area contributed by atoms with Gasteiger partial charge in [0.05, 0.1) is 24.1 Å². The number of carbonyl (C=O) groups is 1. The number of ether oxygens (including phenoxy) is 1. The molecule has 0 saturated carbocycles. The number of amides is 1. The SMILES string of the molecule is CCc1ccc(OCCCCn2c(CCCNC(=O)Cc3ccc(-c4ccccc4)cc3)nc3ccccc32)cc1. The smallest absolute Gasteiger partial charge is 0.224 e. The highest BCUT2D eigenvalue weighted by atomic mass is 16.5. The van der Waals surface area contributed by atoms with Crippen molar-refractivity contribution in [3.63, 3.8) is 0 Å². The lowest BCUT2D eigenvalue weighted by molar-refractivity contribution is -0.120. The molecule has 0 fully saturated rings. The minimum Gasteiger partial charge on any atom is -0.494 e. The van der Waals surface area contributed by atoms with Gasteiger partial charge in [-0.15, -0.1) is 0 Å². The van der Waals surface area contributed by atoms with Crippen LogP contribution in [0, 0.1) is 0 Å². The number of nitrogens with one attached hydrogen (secondary N) is 1. The van der Waals surface area contributed by atoms with E-state index < -0.39 is 0 Å². The van der Waals surface area contributed by atoms with Crippen molar-refractivity contribution >= 4 is 16.9 Å². The van der Waals surface area contributed by atoms with Gasteiger partial charge in [0.15, 0.2) is 0 Å². The lowest BCUT2D eigenvalue weighted by atomic mass is 10.0. The Bertz CT molecular complexity index is 1520. The lowest BCUT2D eigenvalue weighted by Gasteiger charge is -2.11. The van der Waals surface area contributed by atoms with Gasteiger partial charge >= 0.3 is 0 Å². The minimum atomic E-state index is 0.0512. The summed E-state index contributed by atoms with van der Waals surface area (Å²) in [5.41, 5.74) is 6.88. The summed E-state index contributed by atoms with van der Waals surface area (Å²) < 4.78 is 8.28. The summed E-state index contributed by atoms with van der Waals surface area (Å²) in [4.78, 5) is 17.5. The number of benzene rings is 4. The van der Waals surface area contributed by atoms with Crippen LogP contribution in [0.5, 0.6) is 5.75 Å². The molecule has 0 saturated heterocycles. The zero-order valence-electron chi connectivity index (χ0n) is 23.9. The first-order chi connectivity index (χ1) is 20.2. The van der Waals surface area contributed by atoms with E-state index in [-0.39, 0.29) is 5.91 Å². The lowest BCUT2D eigenvalue weighted by Crippen LogP contribution is -2.26. The van der Waals surface area contributed by atoms with Crippen molar-refractivity contribution in [1.82, 2.24) is 14.9 Å². The molecule has 1 amide bonds. The van der Waals surface area contributed by atoms with E-state index in [1.165, 1.54) is 16.6 Å². The van der Waals surface area contributed by atoms with Gasteiger partial charge in [0.25, 0.3) is 0 Å². The number of nitrogens with zero attached hydrogens (tertiary/aromatic N) is 2. The first-order valence-corrected chi connectivity index (χ1v) is 14.8. The molecule has 5 heteroatoms. The number of hydrogen-bond acceptors (Lipinski definition) is 3. The summed E-state index contributed by atoms with van der Waals surface area (Å²) in [6, 6.07) is 35.2. The molecule has 0 aliphatic heterocycles. The van der Waals surface area contributed by atoms with Crippen molar-refractivity contribution in [2.24, 2.45) is 0 Å². The molecule has 0 atom stereocenters. The van der Waals surface area contributed by atoms with Crippen LogP contribution in [0.25, 0.3) is 22.2 Å². The molecule has 0 unspecified atom stereocenters. The van der Waals surface area contributed by atoms with Gasteiger partial charge in [-0.25, -0.2) is 4.98 Å². The predicted octanol–water partition coefficient (Wildman–Crippen LogP) is 7.42. The molecule has 0 radical (unpaired) electrons. The maximum Gasteiger partial charge on any atom is 0.224 e. The molecule has 0 aliphatic carbocycles. The average molecular weight is 546 g/mol. The predicted molar refractivity (Wildman–Crippen MR) is 167 cm³/mol. The Balaban J connectivity index is 1.07. The van der Waals surface area contributed by atoms with Crippen LogP contribution in [0.4, 0.5) is 0 Å². The molecule has 5 nitrogen and oxygen atoms in total. The third-order valence-electron chi connectivity index (χ3n) is 7.44. The molecule has 1 N–H and O–H groups in total. The van der Waals surface area contributed by atoms with Gasteiger partial charge in [-0.1, -0.05) is 85.8 Å². The van der Waals surface area contributed by atoms with Crippen LogP contribution in [-0.2, 0) is 30.6 Å². The monoisotopic (exact) mass is 545 g/mol. The molecule has 41 heavy (non-hydrogen) atoms. The minimum absolute atomic E-state index is 0.0512. The van der Waals surface area contributed by atoms with E-state index in [0.717, 1.165) is 66.9 Å². The fourth-order valence-corrected chi connectivity index (χ4v) is 5.12. The van der Waals surface area contributed by atoms with Crippen molar-refractivity contribution in [2.75, 3.05) is 13.2 Å². The molecule has 4 aromatic carbocycles. The Labute approximate surface area is 243 Å². The second-order valence-electron chi connectivity index (χ2n) is 10.4. The van der Waals surface area contributed by atoms with Gasteiger partial charge in [-0.05, 0) is 72.2 Å². The van der Waals surface area contributed by atoms with E-state index in [1.807, 2.05) is 36.4 Å². The second kappa shape index (κ2) is 14.3. The average Bonchev–Trinajstić information content (AvgIpc) is 3.37. The number of hydrogen-bond donors (Lipinski definition) is 1. The Hall–Kier alpha value is -4.38. The molecule has 5 aromatic rings. The molecule has 0 spiro atoms. The number of rotatable bonds is 14. The highest BCUT2D eigenvalue weighted by Gasteiger charge is 2.11. The van der Waals surface area contributed by atoms with E-state index >= 15 is 0 Å². The molecule has 0 aliphatic rings. The van der Waals surface area contributed by atoms with Crippen molar-refractivity contribution in [1.29, 1.82) is 0 Å². The summed E-state index contributed by atoms with van der Waals surface area (Å²) in [5, 5.41) is 3.09. The summed E-state index contributed by atoms with van der Waals surface area (Å²) in [6.07, 6.45) is 5.08. The van der Waals surface area contributed by atoms with E-state index in [0.29, 0.717) is 19.6 Å². The second-order valence-corrected chi connectivity index (χ2v) is 10.4. The summed E-state index contributed by atoms with van der Waals surface area (Å²) in [7, 11) is 0. The number of carbonyl (C=O) groups excluding carboxylic acids is 1. The number of fused-ring (bicyclic) bond motifs is 1. The largest absolute Gasteiger partial charge is 0.494 e. The van der Waals surface area contributed by atoms with Crippen LogP contribution in [0.1, 0.15) is 43.1 Å². The van der Waals surface area contributed by atoms with Gasteiger partial charge in [-0.2, -0.15) is 0 Å². The highest BCUT2D eigenvalue weighted by molar-refractivity contribution is 5.79. The van der Waals surface area contributed by atoms with Crippen LogP contribution in [0.2, 0.25) is 0 Å². The maximum absolute atomic E-state index is 12.6. The van der Waals surface area contributed by atoms with Crippen LogP contribution in [0.15, 0.2) is 103 Å². The molecule has 210 valence electrons. The molecular formula is C36H39N3O2. The fraction of sp³-hybridized carbons (Fsp3) is 0.278. The number of para-hydroxylation sites is 2. The third-order valence-corrected chi connectivity index (χ3v) is 7.44. The first kappa shape index (κ1) is 28.2. The van der Waals surface area contributed by atoms with Gasteiger partial charge < -0.3 is 14.6 Å². The summed E-state index contributed by atoms with van der Waals surface area (Å²) >= 11 is 0. The Morgan fingerprint density at radius 3 is 2.27 bits per heavy atom. The van der Waals surface area contributed by atoms with Crippen LogP contribution < -0.4 is 10.1 Å². The zero-order chi connectivity index (χ0) is 28.3. The van der Waals surface area contributed by atoms with Crippen molar-refractivity contribution in [2.45, 2.75) is 52.0 Å². The number of aromatic nitrogens is 2. The number of imidazole rings is 1. The van der Waals surface area contributed by atoms with Crippen molar-refractivity contribution < 1.29 is 9.53 Å². The Morgan fingerprint density at radius 1 is 0.780 bits per heavy atom. The molecule has 1 heterocycles. The maximum atomic E-state index is 12.6. The third kappa shape index (κ3) is 7.85. The van der Waals surface area contributed by atoms with Crippen LogP contribution in [0.3, 0.4) is 0 Å². The summed E-state index contributed by atoms with van der Waals surface area (Å²) in [6.45, 7) is 4.40. The highest BCUT2D eigenvalue weighted by Crippen LogP contribution is 2.20. The van der Waals surface area contributed by atoms with Crippen molar-refractivity contribution in [3.8, 4) is 16.9 Å². The normalized spacial score (nSPS) is 11.0. The topological polar surface area (TPSA) is 56.1 Å². The summed E-state index contributed by atoms with van der Waals surface area (Å²) in [5.74, 6) is 2.06. The quantitative estimate of drug-likeness (QED) is 0.148. The van der Waals surface area contributed by atoms with Gasteiger partial charge in [0.2, 0.25) is 5.91 Å². The van der Waals surface area contributed by atoms with Gasteiger partial charge in [-0.3, -0.25) is 4.79 Å². The fourth-order valence-electron chi connectivity index (χ4n) is 5.12. The van der Waals surface area contributed by atoms with E-state index in [4.69, 9.17) is 9.72 Å². The zero-order valence-corrected chi connectivity index (χ0v) is 23.9. The van der Waals surface area contributed by atoms with E-state index in [1.54, 1.807) is 0 Å². The molecule has 1 aromatic heterocycles. The molecule has 5 rings (SSSR count). The standard InChI is InChI=1S/C36H39N3O2/c1-2-28-18-22-32(23-19-28)41-26-9-8-25-39-34-14-7-6-13-33(34)38-35(39)15-10-24-37-36(40)27-29-16-20-31(21-17-29)30-11-4-3-5-12-30/h3-7,11-14,16-23H,2,8-10,15,24-27H2,1H3,(H,37,40). The Morgan fingerprint density at radius 2 is 1.49 bits per heavy atom. The number of unbranched alkanes of at least 4 members (excludes halogenated alkanes) is 1. The van der Waals surface area contributed by atoms with E-state index in [9.17, 15) is 4.79 Å². The van der Waals surface area contributed by atoms with Crippen molar-refractivity contribution in [3.05, 3.63) is 120 Å². The number of aryl methyl sites for hydroxylation is 3. The van der Waals surface area contributed by atoms with E-state index in [2.05, 4.69) is 83.5 Å². The molecule has 0 bridgehead atoms. The van der Waals surface area contributed by atoms with Gasteiger partial charge in [0.1, 0.15) is 11.6 Å². The van der Waals surface area contributed by atoms with Crippen LogP contribution in [-0.4, -0.2) is 28.6 Å².